The van der Waals surface area contributed by atoms with E-state index in [1.807, 2.05) is 0 Å². The van der Waals surface area contributed by atoms with Crippen LogP contribution in [0, 0.1) is 0 Å². The van der Waals surface area contributed by atoms with Crippen LogP contribution in [0.25, 0.3) is 0 Å². The molecule has 5 nitrogen and oxygen atoms in total. The van der Waals surface area contributed by atoms with Crippen LogP contribution in [0.15, 0.2) is 0 Å². The fourth-order valence-corrected chi connectivity index (χ4v) is 1.48. The van der Waals surface area contributed by atoms with Crippen molar-refractivity contribution >= 4 is 15.7 Å². The lowest BCUT2D eigenvalue weighted by Gasteiger charge is -2.10. The minimum absolute atomic E-state index is 0.00986. The van der Waals surface area contributed by atoms with Crippen LogP contribution in [0.5, 0.6) is 0 Å². The highest BCUT2D eigenvalue weighted by molar-refractivity contribution is 7.90. The summed E-state index contributed by atoms with van der Waals surface area (Å²) in [5.74, 6) is 0.153. The van der Waals surface area contributed by atoms with E-state index in [2.05, 4.69) is 5.32 Å². The third kappa shape index (κ3) is 8.00. The Balaban J connectivity index is 3.44. The number of rotatable bonds is 6. The Morgan fingerprint density at radius 1 is 1.36 bits per heavy atom. The molecule has 1 N–H and O–H groups in total. The SMILES string of the molecule is CN(C)C(=O)CNCCCS(C)(=O)=O. The summed E-state index contributed by atoms with van der Waals surface area (Å²) in [6.07, 6.45) is 1.75. The van der Waals surface area contributed by atoms with Gasteiger partial charge in [0, 0.05) is 20.4 Å². The van der Waals surface area contributed by atoms with Crippen LogP contribution in [-0.2, 0) is 14.6 Å². The maximum absolute atomic E-state index is 11.0. The molecular weight excluding hydrogens is 204 g/mol. The molecule has 6 heteroatoms. The van der Waals surface area contributed by atoms with E-state index in [0.717, 1.165) is 0 Å². The van der Waals surface area contributed by atoms with Gasteiger partial charge in [0.05, 0.1) is 12.3 Å². The molecule has 0 aromatic rings. The lowest BCUT2D eigenvalue weighted by molar-refractivity contribution is -0.127. The second-order valence-electron chi connectivity index (χ2n) is 3.45. The minimum atomic E-state index is -2.88. The molecule has 0 fully saturated rings. The summed E-state index contributed by atoms with van der Waals surface area (Å²) >= 11 is 0. The second kappa shape index (κ2) is 5.98. The zero-order chi connectivity index (χ0) is 11.2. The molecule has 0 unspecified atom stereocenters. The lowest BCUT2D eigenvalue weighted by atomic mass is 10.4. The zero-order valence-corrected chi connectivity index (χ0v) is 9.73. The third-order valence-corrected chi connectivity index (χ3v) is 2.67. The molecule has 0 saturated carbocycles. The van der Waals surface area contributed by atoms with Crippen LogP contribution in [-0.4, -0.2) is 58.4 Å². The van der Waals surface area contributed by atoms with Gasteiger partial charge in [-0.2, -0.15) is 0 Å². The topological polar surface area (TPSA) is 66.5 Å². The van der Waals surface area contributed by atoms with E-state index in [4.69, 9.17) is 0 Å². The molecule has 0 heterocycles. The fraction of sp³-hybridized carbons (Fsp3) is 0.875. The molecule has 0 aliphatic carbocycles. The number of nitrogens with zero attached hydrogens (tertiary/aromatic N) is 1. The zero-order valence-electron chi connectivity index (χ0n) is 8.91. The van der Waals surface area contributed by atoms with E-state index in [-0.39, 0.29) is 18.2 Å². The van der Waals surface area contributed by atoms with E-state index >= 15 is 0 Å². The van der Waals surface area contributed by atoms with E-state index < -0.39 is 9.84 Å². The summed E-state index contributed by atoms with van der Waals surface area (Å²) in [5.41, 5.74) is 0. The third-order valence-electron chi connectivity index (χ3n) is 1.64. The van der Waals surface area contributed by atoms with Crippen LogP contribution in [0.4, 0.5) is 0 Å². The predicted octanol–water partition coefficient (Wildman–Crippen LogP) is -0.901. The first kappa shape index (κ1) is 13.4. The Bertz CT molecular complexity index is 272. The first-order valence-corrected chi connectivity index (χ1v) is 6.47. The van der Waals surface area contributed by atoms with Gasteiger partial charge in [-0.25, -0.2) is 8.42 Å². The molecule has 0 aromatic carbocycles. The number of carbonyl (C=O) groups is 1. The van der Waals surface area contributed by atoms with Crippen molar-refractivity contribution in [1.82, 2.24) is 10.2 Å². The molecule has 0 rings (SSSR count). The van der Waals surface area contributed by atoms with Gasteiger partial charge >= 0.3 is 0 Å². The molecule has 0 radical (unpaired) electrons. The molecule has 0 aromatic heterocycles. The van der Waals surface area contributed by atoms with Crippen molar-refractivity contribution in [1.29, 1.82) is 0 Å². The number of nitrogens with one attached hydrogen (secondary N) is 1. The summed E-state index contributed by atoms with van der Waals surface area (Å²) in [6.45, 7) is 0.809. The summed E-state index contributed by atoms with van der Waals surface area (Å²) in [7, 11) is 0.486. The number of hydrogen-bond donors (Lipinski definition) is 1. The number of carbonyl (C=O) groups excluding carboxylic acids is 1. The predicted molar refractivity (Wildman–Crippen MR) is 55.9 cm³/mol. The van der Waals surface area contributed by atoms with Gasteiger partial charge in [-0.15, -0.1) is 0 Å². The summed E-state index contributed by atoms with van der Waals surface area (Å²) in [4.78, 5) is 12.5. The molecule has 14 heavy (non-hydrogen) atoms. The van der Waals surface area contributed by atoms with Crippen molar-refractivity contribution in [2.75, 3.05) is 39.2 Å². The number of amides is 1. The van der Waals surface area contributed by atoms with Crippen LogP contribution < -0.4 is 5.32 Å². The van der Waals surface area contributed by atoms with Crippen LogP contribution in [0.3, 0.4) is 0 Å². The highest BCUT2D eigenvalue weighted by atomic mass is 32.2. The van der Waals surface area contributed by atoms with Crippen molar-refractivity contribution in [2.45, 2.75) is 6.42 Å². The van der Waals surface area contributed by atoms with Gasteiger partial charge in [0.1, 0.15) is 9.84 Å². The summed E-state index contributed by atoms with van der Waals surface area (Å²) in [5, 5.41) is 2.88. The molecule has 0 atom stereocenters. The molecule has 0 aliphatic rings. The van der Waals surface area contributed by atoms with Crippen molar-refractivity contribution in [3.63, 3.8) is 0 Å². The van der Waals surface area contributed by atoms with Gasteiger partial charge in [-0.3, -0.25) is 4.79 Å². The van der Waals surface area contributed by atoms with Gasteiger partial charge in [0.15, 0.2) is 0 Å². The number of likely N-dealkylation sites (N-methyl/N-ethyl adjacent to an activating group) is 1. The van der Waals surface area contributed by atoms with Gasteiger partial charge < -0.3 is 10.2 Å². The Kier molecular flexibility index (Phi) is 5.71. The Hall–Kier alpha value is -0.620. The monoisotopic (exact) mass is 222 g/mol. The lowest BCUT2D eigenvalue weighted by Crippen LogP contribution is -2.33. The molecule has 0 spiro atoms. The Labute approximate surface area is 85.4 Å². The Morgan fingerprint density at radius 2 is 1.93 bits per heavy atom. The number of hydrogen-bond acceptors (Lipinski definition) is 4. The molecule has 84 valence electrons. The van der Waals surface area contributed by atoms with E-state index in [1.54, 1.807) is 14.1 Å². The quantitative estimate of drug-likeness (QED) is 0.591. The molecule has 0 bridgehead atoms. The Morgan fingerprint density at radius 3 is 2.36 bits per heavy atom. The molecule has 1 amide bonds. The second-order valence-corrected chi connectivity index (χ2v) is 5.71. The molecular formula is C8H18N2O3S. The summed E-state index contributed by atoms with van der Waals surface area (Å²) < 4.78 is 21.5. The van der Waals surface area contributed by atoms with Crippen LogP contribution in [0.1, 0.15) is 6.42 Å². The fourth-order valence-electron chi connectivity index (χ4n) is 0.813. The van der Waals surface area contributed by atoms with Gasteiger partial charge in [0.25, 0.3) is 0 Å². The standard InChI is InChI=1S/C8H18N2O3S/c1-10(2)8(11)7-9-5-4-6-14(3,12)13/h9H,4-7H2,1-3H3. The molecule has 0 saturated heterocycles. The van der Waals surface area contributed by atoms with Crippen molar-refractivity contribution in [2.24, 2.45) is 0 Å². The van der Waals surface area contributed by atoms with E-state index in [9.17, 15) is 13.2 Å². The van der Waals surface area contributed by atoms with E-state index in [0.29, 0.717) is 13.0 Å². The number of sulfone groups is 1. The largest absolute Gasteiger partial charge is 0.348 e. The first-order valence-electron chi connectivity index (χ1n) is 4.41. The molecule has 0 aliphatic heterocycles. The maximum Gasteiger partial charge on any atom is 0.236 e. The first-order chi connectivity index (χ1) is 6.33. The van der Waals surface area contributed by atoms with Crippen LogP contribution in [0.2, 0.25) is 0 Å². The highest BCUT2D eigenvalue weighted by Gasteiger charge is 2.03. The van der Waals surface area contributed by atoms with Gasteiger partial charge in [-0.05, 0) is 13.0 Å². The summed E-state index contributed by atoms with van der Waals surface area (Å²) in [6, 6.07) is 0. The van der Waals surface area contributed by atoms with E-state index in [1.165, 1.54) is 11.2 Å². The minimum Gasteiger partial charge on any atom is -0.348 e. The van der Waals surface area contributed by atoms with Crippen LogP contribution >= 0.6 is 0 Å². The highest BCUT2D eigenvalue weighted by Crippen LogP contribution is 1.86. The van der Waals surface area contributed by atoms with Crippen molar-refractivity contribution < 1.29 is 13.2 Å². The average molecular weight is 222 g/mol. The van der Waals surface area contributed by atoms with Crippen molar-refractivity contribution in [3.05, 3.63) is 0 Å². The van der Waals surface area contributed by atoms with Crippen molar-refractivity contribution in [3.8, 4) is 0 Å². The van der Waals surface area contributed by atoms with Gasteiger partial charge in [0.2, 0.25) is 5.91 Å². The normalized spacial score (nSPS) is 11.4. The average Bonchev–Trinajstić information content (AvgIpc) is 2.01. The van der Waals surface area contributed by atoms with Gasteiger partial charge in [-0.1, -0.05) is 0 Å². The maximum atomic E-state index is 11.0. The smallest absolute Gasteiger partial charge is 0.236 e.